The Labute approximate surface area is 170 Å². The normalized spacial score (nSPS) is 12.8. The largest absolute Gasteiger partial charge is 0.380 e. The van der Waals surface area contributed by atoms with Crippen molar-refractivity contribution in [3.8, 4) is 6.07 Å². The molecule has 0 saturated carbocycles. The Kier molecular flexibility index (Phi) is 5.88. The first-order valence-electron chi connectivity index (χ1n) is 8.99. The molecule has 0 amide bonds. The first-order chi connectivity index (χ1) is 13.7. The fourth-order valence-corrected chi connectivity index (χ4v) is 3.89. The van der Waals surface area contributed by atoms with Crippen molar-refractivity contribution >= 4 is 26.7 Å². The van der Waals surface area contributed by atoms with Crippen LogP contribution in [0.25, 0.3) is 11.0 Å². The van der Waals surface area contributed by atoms with Gasteiger partial charge in [0.05, 0.1) is 34.6 Å². The first kappa shape index (κ1) is 20.8. The number of rotatable bonds is 7. The van der Waals surface area contributed by atoms with Gasteiger partial charge >= 0.3 is 0 Å². The number of sulfonamides is 1. The fraction of sp³-hybridized carbons (Fsp3) is 0.300. The van der Waals surface area contributed by atoms with E-state index in [1.807, 2.05) is 25.1 Å². The van der Waals surface area contributed by atoms with Gasteiger partial charge in [0, 0.05) is 13.1 Å². The first-order valence-corrected chi connectivity index (χ1v) is 10.8. The van der Waals surface area contributed by atoms with Gasteiger partial charge in [-0.15, -0.1) is 0 Å². The van der Waals surface area contributed by atoms with Crippen molar-refractivity contribution in [3.63, 3.8) is 0 Å². The number of hydrogen-bond acceptors (Lipinski definition) is 6. The molecule has 2 N–H and O–H groups in total. The predicted molar refractivity (Wildman–Crippen MR) is 112 cm³/mol. The third-order valence-corrected chi connectivity index (χ3v) is 5.73. The molecule has 2 aromatic carbocycles. The van der Waals surface area contributed by atoms with Gasteiger partial charge in [-0.3, -0.25) is 4.31 Å². The number of anilines is 1. The van der Waals surface area contributed by atoms with Crippen LogP contribution in [0.4, 0.5) is 5.69 Å². The maximum atomic E-state index is 12.2. The van der Waals surface area contributed by atoms with Gasteiger partial charge < -0.3 is 15.0 Å². The SMILES string of the molecule is CN(C)CCN(c1ccc2nc(C(O)c3ccc(C#N)cc3)[nH]c2c1)S(C)(=O)=O. The van der Waals surface area contributed by atoms with Crippen LogP contribution in [-0.2, 0) is 10.0 Å². The van der Waals surface area contributed by atoms with Gasteiger partial charge in [-0.05, 0) is 50.0 Å². The molecular formula is C20H23N5O3S. The molecule has 3 rings (SSSR count). The van der Waals surface area contributed by atoms with Crippen molar-refractivity contribution in [1.29, 1.82) is 5.26 Å². The van der Waals surface area contributed by atoms with E-state index in [1.165, 1.54) is 10.6 Å². The highest BCUT2D eigenvalue weighted by Crippen LogP contribution is 2.26. The smallest absolute Gasteiger partial charge is 0.232 e. The molecule has 0 aliphatic heterocycles. The molecule has 1 atom stereocenters. The zero-order valence-electron chi connectivity index (χ0n) is 16.5. The second kappa shape index (κ2) is 8.21. The van der Waals surface area contributed by atoms with Crippen molar-refractivity contribution in [2.24, 2.45) is 0 Å². The van der Waals surface area contributed by atoms with Crippen LogP contribution in [0.3, 0.4) is 0 Å². The predicted octanol–water partition coefficient (Wildman–Crippen LogP) is 1.84. The van der Waals surface area contributed by atoms with Crippen LogP contribution in [0, 0.1) is 11.3 Å². The molecule has 1 unspecified atom stereocenters. The Hall–Kier alpha value is -2.93. The number of nitriles is 1. The summed E-state index contributed by atoms with van der Waals surface area (Å²) in [5.74, 6) is 0.348. The third-order valence-electron chi connectivity index (χ3n) is 4.54. The van der Waals surface area contributed by atoms with E-state index in [-0.39, 0.29) is 0 Å². The zero-order valence-corrected chi connectivity index (χ0v) is 17.3. The number of nitrogens with one attached hydrogen (secondary N) is 1. The lowest BCUT2D eigenvalue weighted by atomic mass is 10.1. The molecule has 0 bridgehead atoms. The lowest BCUT2D eigenvalue weighted by Gasteiger charge is -2.24. The molecule has 0 spiro atoms. The Bertz CT molecular complexity index is 1150. The highest BCUT2D eigenvalue weighted by Gasteiger charge is 2.20. The molecule has 3 aromatic rings. The van der Waals surface area contributed by atoms with Crippen LogP contribution >= 0.6 is 0 Å². The number of nitrogens with zero attached hydrogens (tertiary/aromatic N) is 4. The Morgan fingerprint density at radius 3 is 2.45 bits per heavy atom. The van der Waals surface area contributed by atoms with Crippen LogP contribution in [0.15, 0.2) is 42.5 Å². The van der Waals surface area contributed by atoms with Crippen molar-refractivity contribution in [3.05, 3.63) is 59.4 Å². The zero-order chi connectivity index (χ0) is 21.2. The molecule has 8 nitrogen and oxygen atoms in total. The van der Waals surface area contributed by atoms with E-state index in [0.717, 1.165) is 0 Å². The highest BCUT2D eigenvalue weighted by atomic mass is 32.2. The summed E-state index contributed by atoms with van der Waals surface area (Å²) in [6.07, 6.45) is 0.193. The molecule has 0 saturated heterocycles. The van der Waals surface area contributed by atoms with Gasteiger partial charge in [0.2, 0.25) is 10.0 Å². The van der Waals surface area contributed by atoms with Crippen molar-refractivity contribution in [1.82, 2.24) is 14.9 Å². The number of aliphatic hydroxyl groups excluding tert-OH is 1. The molecule has 1 heterocycles. The Morgan fingerprint density at radius 2 is 1.86 bits per heavy atom. The second-order valence-electron chi connectivity index (χ2n) is 7.10. The van der Waals surface area contributed by atoms with E-state index < -0.39 is 16.1 Å². The van der Waals surface area contributed by atoms with Crippen molar-refractivity contribution < 1.29 is 13.5 Å². The summed E-state index contributed by atoms with van der Waals surface area (Å²) in [6, 6.07) is 13.8. The maximum absolute atomic E-state index is 12.2. The van der Waals surface area contributed by atoms with Gasteiger partial charge in [0.25, 0.3) is 0 Å². The summed E-state index contributed by atoms with van der Waals surface area (Å²) in [6.45, 7) is 0.906. The number of benzene rings is 2. The molecular weight excluding hydrogens is 390 g/mol. The van der Waals surface area contributed by atoms with Crippen molar-refractivity contribution in [2.75, 3.05) is 37.7 Å². The highest BCUT2D eigenvalue weighted by molar-refractivity contribution is 7.92. The molecule has 152 valence electrons. The fourth-order valence-electron chi connectivity index (χ4n) is 2.98. The van der Waals surface area contributed by atoms with Gasteiger partial charge in [0.15, 0.2) is 0 Å². The van der Waals surface area contributed by atoms with E-state index in [2.05, 4.69) is 9.97 Å². The van der Waals surface area contributed by atoms with E-state index >= 15 is 0 Å². The molecule has 9 heteroatoms. The monoisotopic (exact) mass is 413 g/mol. The standard InChI is InChI=1S/C20H23N5O3S/c1-24(2)10-11-25(29(3,27)28)16-8-9-17-18(12-16)23-20(22-17)19(26)15-6-4-14(13-21)5-7-15/h4-9,12,19,26H,10-11H2,1-3H3,(H,22,23). The van der Waals surface area contributed by atoms with Crippen LogP contribution in [0.2, 0.25) is 0 Å². The van der Waals surface area contributed by atoms with E-state index in [9.17, 15) is 13.5 Å². The summed E-state index contributed by atoms with van der Waals surface area (Å²) in [7, 11) is 0.324. The van der Waals surface area contributed by atoms with E-state index in [1.54, 1.807) is 42.5 Å². The Balaban J connectivity index is 1.93. The number of imidazole rings is 1. The average Bonchev–Trinajstić information content (AvgIpc) is 3.09. The van der Waals surface area contributed by atoms with Crippen molar-refractivity contribution in [2.45, 2.75) is 6.10 Å². The molecule has 29 heavy (non-hydrogen) atoms. The lowest BCUT2D eigenvalue weighted by Crippen LogP contribution is -2.35. The summed E-state index contributed by atoms with van der Waals surface area (Å²) in [4.78, 5) is 9.41. The average molecular weight is 414 g/mol. The number of likely N-dealkylation sites (N-methyl/N-ethyl adjacent to an activating group) is 1. The van der Waals surface area contributed by atoms with Gasteiger partial charge in [0.1, 0.15) is 11.9 Å². The summed E-state index contributed by atoms with van der Waals surface area (Å²) in [5, 5.41) is 19.5. The Morgan fingerprint density at radius 1 is 1.17 bits per heavy atom. The molecule has 0 radical (unpaired) electrons. The molecule has 1 aromatic heterocycles. The van der Waals surface area contributed by atoms with Gasteiger partial charge in [-0.25, -0.2) is 13.4 Å². The number of H-pyrrole nitrogens is 1. The second-order valence-corrected chi connectivity index (χ2v) is 9.01. The summed E-state index contributed by atoms with van der Waals surface area (Å²) >= 11 is 0. The van der Waals surface area contributed by atoms with Crippen LogP contribution in [0.1, 0.15) is 23.1 Å². The number of aromatic amines is 1. The minimum atomic E-state index is -3.44. The topological polar surface area (TPSA) is 113 Å². The minimum Gasteiger partial charge on any atom is -0.380 e. The van der Waals surface area contributed by atoms with Crippen LogP contribution in [0.5, 0.6) is 0 Å². The van der Waals surface area contributed by atoms with Crippen LogP contribution in [-0.4, -0.2) is 61.8 Å². The number of aliphatic hydroxyl groups is 1. The molecule has 0 aliphatic carbocycles. The van der Waals surface area contributed by atoms with E-state index in [4.69, 9.17) is 5.26 Å². The maximum Gasteiger partial charge on any atom is 0.232 e. The summed E-state index contributed by atoms with van der Waals surface area (Å²) in [5.41, 5.74) is 2.90. The quantitative estimate of drug-likeness (QED) is 0.611. The number of fused-ring (bicyclic) bond motifs is 1. The molecule has 0 aliphatic rings. The molecule has 0 fully saturated rings. The van der Waals surface area contributed by atoms with E-state index in [0.29, 0.717) is 46.8 Å². The van der Waals surface area contributed by atoms with Crippen LogP contribution < -0.4 is 4.31 Å². The number of hydrogen-bond donors (Lipinski definition) is 2. The third kappa shape index (κ3) is 4.74. The van der Waals surface area contributed by atoms with Gasteiger partial charge in [-0.2, -0.15) is 5.26 Å². The minimum absolute atomic E-state index is 0.326. The lowest BCUT2D eigenvalue weighted by molar-refractivity contribution is 0.211. The number of aromatic nitrogens is 2. The van der Waals surface area contributed by atoms with Gasteiger partial charge in [-0.1, -0.05) is 12.1 Å². The summed E-state index contributed by atoms with van der Waals surface area (Å²) < 4.78 is 25.9.